The molecule has 4 heteroatoms. The van der Waals surface area contributed by atoms with Crippen molar-refractivity contribution in [3.05, 3.63) is 102 Å². The smallest absolute Gasteiger partial charge is 0.262 e. The lowest BCUT2D eigenvalue weighted by Gasteiger charge is -2.40. The average Bonchev–Trinajstić information content (AvgIpc) is 2.62. The van der Waals surface area contributed by atoms with Crippen molar-refractivity contribution in [1.29, 1.82) is 0 Å². The maximum absolute atomic E-state index is 13.2. The number of allylic oxidation sites excluding steroid dienone is 5. The van der Waals surface area contributed by atoms with Crippen molar-refractivity contribution in [3.8, 4) is 0 Å². The molecule has 0 aromatic heterocycles. The number of benzene rings is 1. The van der Waals surface area contributed by atoms with Gasteiger partial charge in [-0.15, -0.1) is 0 Å². The highest BCUT2D eigenvalue weighted by Crippen LogP contribution is 2.33. The van der Waals surface area contributed by atoms with Crippen molar-refractivity contribution in [2.75, 3.05) is 4.90 Å². The van der Waals surface area contributed by atoms with E-state index in [0.717, 1.165) is 16.3 Å². The number of anilines is 1. The van der Waals surface area contributed by atoms with E-state index in [9.17, 15) is 4.79 Å². The van der Waals surface area contributed by atoms with Crippen LogP contribution in [0.25, 0.3) is 0 Å². The highest BCUT2D eigenvalue weighted by Gasteiger charge is 2.36. The van der Waals surface area contributed by atoms with Gasteiger partial charge in [-0.25, -0.2) is 0 Å². The molecule has 1 saturated heterocycles. The number of carbonyl (C=O) groups excluding carboxylic acids is 1. The molecule has 0 spiro atoms. The van der Waals surface area contributed by atoms with Gasteiger partial charge in [0.05, 0.1) is 5.57 Å². The van der Waals surface area contributed by atoms with Gasteiger partial charge in [0, 0.05) is 16.3 Å². The molecular weight excluding hydrogens is 328 g/mol. The Morgan fingerprint density at radius 2 is 1.92 bits per heavy atom. The molecule has 3 nitrogen and oxygen atoms in total. The summed E-state index contributed by atoms with van der Waals surface area (Å²) < 4.78 is 0. The number of hydrogen-bond acceptors (Lipinski definition) is 3. The molecule has 0 aliphatic carbocycles. The summed E-state index contributed by atoms with van der Waals surface area (Å²) in [5, 5.41) is 5.19. The number of para-hydroxylation sites is 1. The van der Waals surface area contributed by atoms with Gasteiger partial charge in [-0.2, -0.15) is 0 Å². The summed E-state index contributed by atoms with van der Waals surface area (Å²) in [4.78, 5) is 15.9. The van der Waals surface area contributed by atoms with E-state index < -0.39 is 0 Å². The maximum atomic E-state index is 13.2. The van der Waals surface area contributed by atoms with Crippen molar-refractivity contribution in [3.63, 3.8) is 0 Å². The molecule has 1 unspecified atom stereocenters. The molecule has 1 N–H and O–H groups in total. The molecule has 25 heavy (non-hydrogen) atoms. The van der Waals surface area contributed by atoms with E-state index in [1.165, 1.54) is 11.8 Å². The molecule has 1 aliphatic rings. The summed E-state index contributed by atoms with van der Waals surface area (Å²) in [6, 6.07) is 9.61. The first-order valence-electron chi connectivity index (χ1n) is 7.92. The molecular formula is C21H22N2OS. The monoisotopic (exact) mass is 350 g/mol. The minimum atomic E-state index is -0.356. The highest BCUT2D eigenvalue weighted by atomic mass is 32.2. The van der Waals surface area contributed by atoms with Gasteiger partial charge in [0.25, 0.3) is 5.91 Å². The lowest BCUT2D eigenvalue weighted by atomic mass is 10.0. The van der Waals surface area contributed by atoms with E-state index in [2.05, 4.69) is 25.1 Å². The number of amides is 1. The van der Waals surface area contributed by atoms with E-state index in [4.69, 9.17) is 0 Å². The highest BCUT2D eigenvalue weighted by molar-refractivity contribution is 8.05. The average molecular weight is 350 g/mol. The topological polar surface area (TPSA) is 32.3 Å². The third-order valence-corrected chi connectivity index (χ3v) is 4.47. The molecule has 1 fully saturated rings. The molecule has 128 valence electrons. The van der Waals surface area contributed by atoms with Crippen LogP contribution in [0, 0.1) is 0 Å². The van der Waals surface area contributed by atoms with E-state index in [1.54, 1.807) is 22.5 Å². The number of thioether (sulfide) groups is 1. The zero-order valence-electron chi connectivity index (χ0n) is 14.3. The fraction of sp³-hybridized carbons (Fsp3) is 0.0952. The Labute approximate surface area is 153 Å². The van der Waals surface area contributed by atoms with Crippen LogP contribution in [-0.2, 0) is 4.79 Å². The predicted molar refractivity (Wildman–Crippen MR) is 109 cm³/mol. The summed E-state index contributed by atoms with van der Waals surface area (Å²) >= 11 is 1.46. The number of hydrogen-bond donors (Lipinski definition) is 1. The Balaban J connectivity index is 2.61. The normalized spacial score (nSPS) is 21.2. The predicted octanol–water partition coefficient (Wildman–Crippen LogP) is 4.91. The van der Waals surface area contributed by atoms with Gasteiger partial charge in [-0.1, -0.05) is 67.9 Å². The molecule has 1 amide bonds. The quantitative estimate of drug-likeness (QED) is 0.584. The Morgan fingerprint density at radius 3 is 2.48 bits per heavy atom. The summed E-state index contributed by atoms with van der Waals surface area (Å²) in [5.74, 6) is -0.0647. The van der Waals surface area contributed by atoms with Gasteiger partial charge in [-0.05, 0) is 36.6 Å². The van der Waals surface area contributed by atoms with Crippen LogP contribution in [0.4, 0.5) is 5.69 Å². The first kappa shape index (κ1) is 18.6. The first-order valence-corrected chi connectivity index (χ1v) is 8.80. The minimum Gasteiger partial charge on any atom is -0.360 e. The lowest BCUT2D eigenvalue weighted by molar-refractivity contribution is -0.115. The molecule has 2 rings (SSSR count). The first-order chi connectivity index (χ1) is 12.2. The van der Waals surface area contributed by atoms with Gasteiger partial charge < -0.3 is 5.32 Å². The summed E-state index contributed by atoms with van der Waals surface area (Å²) in [6.45, 7) is 13.2. The molecule has 1 heterocycles. The van der Waals surface area contributed by atoms with Crippen molar-refractivity contribution in [2.24, 2.45) is 0 Å². The third kappa shape index (κ3) is 4.03. The Morgan fingerprint density at radius 1 is 1.20 bits per heavy atom. The SMILES string of the molecule is C=C/C=C(\SC=C)C1NC(=C/C=C)/C(=C\C)C(=O)N1c1ccccc1. The van der Waals surface area contributed by atoms with Crippen LogP contribution in [0.15, 0.2) is 102 Å². The van der Waals surface area contributed by atoms with Crippen LogP contribution in [0.1, 0.15) is 6.92 Å². The largest absolute Gasteiger partial charge is 0.360 e. The summed E-state index contributed by atoms with van der Waals surface area (Å²) in [5.41, 5.74) is 2.18. The van der Waals surface area contributed by atoms with Crippen molar-refractivity contribution in [1.82, 2.24) is 5.32 Å². The number of rotatable bonds is 6. The van der Waals surface area contributed by atoms with E-state index in [1.807, 2.05) is 55.5 Å². The number of nitrogens with zero attached hydrogens (tertiary/aromatic N) is 1. The van der Waals surface area contributed by atoms with Crippen molar-refractivity contribution in [2.45, 2.75) is 13.1 Å². The Hall–Kier alpha value is -2.72. The zero-order valence-corrected chi connectivity index (χ0v) is 15.1. The number of carbonyl (C=O) groups is 1. The Kier molecular flexibility index (Phi) is 6.66. The van der Waals surface area contributed by atoms with Crippen LogP contribution in [0.2, 0.25) is 0 Å². The van der Waals surface area contributed by atoms with Crippen LogP contribution < -0.4 is 10.2 Å². The van der Waals surface area contributed by atoms with E-state index in [0.29, 0.717) is 5.57 Å². The summed E-state index contributed by atoms with van der Waals surface area (Å²) in [6.07, 6.45) is 8.54. The fourth-order valence-electron chi connectivity index (χ4n) is 2.65. The fourth-order valence-corrected chi connectivity index (χ4v) is 3.31. The zero-order chi connectivity index (χ0) is 18.2. The molecule has 1 aliphatic heterocycles. The molecule has 1 atom stereocenters. The van der Waals surface area contributed by atoms with E-state index in [-0.39, 0.29) is 12.1 Å². The molecule has 1 aromatic rings. The van der Waals surface area contributed by atoms with Gasteiger partial charge in [0.15, 0.2) is 0 Å². The van der Waals surface area contributed by atoms with Gasteiger partial charge in [-0.3, -0.25) is 9.69 Å². The molecule has 0 saturated carbocycles. The van der Waals surface area contributed by atoms with Crippen LogP contribution >= 0.6 is 11.8 Å². The van der Waals surface area contributed by atoms with Gasteiger partial charge in [0.2, 0.25) is 0 Å². The third-order valence-electron chi connectivity index (χ3n) is 3.67. The lowest BCUT2D eigenvalue weighted by Crippen LogP contribution is -2.55. The van der Waals surface area contributed by atoms with Crippen LogP contribution in [0.3, 0.4) is 0 Å². The minimum absolute atomic E-state index is 0.0647. The van der Waals surface area contributed by atoms with Crippen molar-refractivity contribution >= 4 is 23.4 Å². The van der Waals surface area contributed by atoms with Crippen molar-refractivity contribution < 1.29 is 4.79 Å². The van der Waals surface area contributed by atoms with Crippen LogP contribution in [0.5, 0.6) is 0 Å². The maximum Gasteiger partial charge on any atom is 0.262 e. The second kappa shape index (κ2) is 8.94. The molecule has 0 radical (unpaired) electrons. The van der Waals surface area contributed by atoms with Gasteiger partial charge in [0.1, 0.15) is 6.17 Å². The van der Waals surface area contributed by atoms with Gasteiger partial charge >= 0.3 is 0 Å². The standard InChI is InChI=1S/C21H22N2OS/c1-5-12-18-17(7-3)21(24)23(16-14-10-9-11-15-16)20(22-18)19(13-6-2)25-8-4/h5-15,20,22H,1-2,4H2,3H3/b17-7+,18-12+,19-13-. The second-order valence-electron chi connectivity index (χ2n) is 5.17. The molecule has 0 bridgehead atoms. The van der Waals surface area contributed by atoms with Crippen LogP contribution in [-0.4, -0.2) is 12.1 Å². The second-order valence-corrected chi connectivity index (χ2v) is 6.21. The summed E-state index contributed by atoms with van der Waals surface area (Å²) in [7, 11) is 0. The molecule has 1 aromatic carbocycles. The number of nitrogens with one attached hydrogen (secondary N) is 1. The Bertz CT molecular complexity index is 759. The van der Waals surface area contributed by atoms with E-state index >= 15 is 0 Å².